The molecule has 94 valence electrons. The molecule has 0 radical (unpaired) electrons. The first-order valence-electron chi connectivity index (χ1n) is 5.98. The Hall–Kier alpha value is -1.24. The molecule has 2 rings (SSSR count). The Kier molecular flexibility index (Phi) is 4.46. The van der Waals surface area contributed by atoms with Gasteiger partial charge in [-0.25, -0.2) is 9.97 Å². The Labute approximate surface area is 120 Å². The van der Waals surface area contributed by atoms with Gasteiger partial charge in [-0.1, -0.05) is 13.0 Å². The fourth-order valence-electron chi connectivity index (χ4n) is 1.62. The largest absolute Gasteiger partial charge is 0.369 e. The van der Waals surface area contributed by atoms with Crippen molar-refractivity contribution in [2.75, 3.05) is 11.9 Å². The van der Waals surface area contributed by atoms with Crippen LogP contribution in [0.2, 0.25) is 0 Å². The lowest BCUT2D eigenvalue weighted by Crippen LogP contribution is -2.08. The number of rotatable bonds is 4. The fraction of sp³-hybridized carbons (Fsp3) is 0.308. The smallest absolute Gasteiger partial charge is 0.180 e. The second-order valence-corrected chi connectivity index (χ2v) is 4.83. The summed E-state index contributed by atoms with van der Waals surface area (Å²) < 4.78 is 1.09. The van der Waals surface area contributed by atoms with Gasteiger partial charge < -0.3 is 5.32 Å². The van der Waals surface area contributed by atoms with E-state index in [1.54, 1.807) is 6.20 Å². The Morgan fingerprint density at radius 1 is 1.22 bits per heavy atom. The molecule has 0 atom stereocenters. The average Bonchev–Trinajstić information content (AvgIpc) is 2.42. The molecule has 0 spiro atoms. The minimum atomic E-state index is 0.684. The number of anilines is 1. The van der Waals surface area contributed by atoms with E-state index in [0.29, 0.717) is 5.82 Å². The van der Waals surface area contributed by atoms with Crippen molar-refractivity contribution in [2.45, 2.75) is 20.3 Å². The number of aryl methyl sites for hydroxylation is 1. The molecule has 2 aromatic heterocycles. The van der Waals surface area contributed by atoms with Gasteiger partial charge in [0.2, 0.25) is 0 Å². The second kappa shape index (κ2) is 6.08. The van der Waals surface area contributed by atoms with Crippen LogP contribution >= 0.6 is 22.6 Å². The van der Waals surface area contributed by atoms with Crippen molar-refractivity contribution in [3.63, 3.8) is 0 Å². The predicted molar refractivity (Wildman–Crippen MR) is 81.5 cm³/mol. The molecule has 2 heterocycles. The van der Waals surface area contributed by atoms with Gasteiger partial charge in [0.25, 0.3) is 0 Å². The second-order valence-electron chi connectivity index (χ2n) is 3.76. The zero-order valence-electron chi connectivity index (χ0n) is 10.4. The summed E-state index contributed by atoms with van der Waals surface area (Å²) in [5.74, 6) is 1.58. The van der Waals surface area contributed by atoms with E-state index >= 15 is 0 Å². The van der Waals surface area contributed by atoms with Gasteiger partial charge in [0.05, 0.1) is 9.26 Å². The number of nitrogens with zero attached hydrogens (tertiary/aromatic N) is 3. The van der Waals surface area contributed by atoms with Crippen LogP contribution in [0, 0.1) is 3.57 Å². The van der Waals surface area contributed by atoms with Crippen LogP contribution in [0.3, 0.4) is 0 Å². The number of hydrogen-bond donors (Lipinski definition) is 1. The lowest BCUT2D eigenvalue weighted by Gasteiger charge is -2.10. The van der Waals surface area contributed by atoms with Gasteiger partial charge in [0.15, 0.2) is 5.82 Å². The van der Waals surface area contributed by atoms with Crippen LogP contribution in [0.1, 0.15) is 19.5 Å². The molecule has 0 aromatic carbocycles. The lowest BCUT2D eigenvalue weighted by atomic mass is 10.3. The van der Waals surface area contributed by atoms with Crippen LogP contribution in [-0.4, -0.2) is 21.5 Å². The predicted octanol–water partition coefficient (Wildman–Crippen LogP) is 3.14. The summed E-state index contributed by atoms with van der Waals surface area (Å²) in [4.78, 5) is 13.4. The molecule has 0 fully saturated rings. The van der Waals surface area contributed by atoms with E-state index in [9.17, 15) is 0 Å². The van der Waals surface area contributed by atoms with Crippen molar-refractivity contribution >= 4 is 28.4 Å². The average molecular weight is 354 g/mol. The van der Waals surface area contributed by atoms with Crippen LogP contribution in [-0.2, 0) is 6.42 Å². The van der Waals surface area contributed by atoms with E-state index in [1.807, 2.05) is 18.2 Å². The summed E-state index contributed by atoms with van der Waals surface area (Å²) in [6.07, 6.45) is 2.65. The summed E-state index contributed by atoms with van der Waals surface area (Å²) in [5, 5.41) is 3.27. The first kappa shape index (κ1) is 13.2. The topological polar surface area (TPSA) is 50.7 Å². The molecular weight excluding hydrogens is 339 g/mol. The number of nitrogens with one attached hydrogen (secondary N) is 1. The molecule has 0 aliphatic rings. The minimum absolute atomic E-state index is 0.684. The maximum atomic E-state index is 4.58. The van der Waals surface area contributed by atoms with Crippen LogP contribution in [0.15, 0.2) is 24.4 Å². The monoisotopic (exact) mass is 354 g/mol. The number of pyridine rings is 1. The van der Waals surface area contributed by atoms with Gasteiger partial charge in [0.1, 0.15) is 11.5 Å². The van der Waals surface area contributed by atoms with Crippen molar-refractivity contribution < 1.29 is 0 Å². The normalized spacial score (nSPS) is 10.4. The zero-order chi connectivity index (χ0) is 13.0. The van der Waals surface area contributed by atoms with Gasteiger partial charge in [-0.2, -0.15) is 0 Å². The van der Waals surface area contributed by atoms with Crippen molar-refractivity contribution in [1.29, 1.82) is 0 Å². The summed E-state index contributed by atoms with van der Waals surface area (Å²) in [5.41, 5.74) is 1.87. The molecule has 5 heteroatoms. The van der Waals surface area contributed by atoms with Crippen LogP contribution in [0.5, 0.6) is 0 Å². The molecule has 2 aromatic rings. The standard InChI is InChI=1S/C13H15IN4/c1-3-9-11(14)13(15-4-2)18-12(17-9)10-7-5-6-8-16-10/h5-8H,3-4H2,1-2H3,(H,15,17,18). The molecule has 18 heavy (non-hydrogen) atoms. The lowest BCUT2D eigenvalue weighted by molar-refractivity contribution is 0.976. The molecule has 0 bridgehead atoms. The van der Waals surface area contributed by atoms with Crippen molar-refractivity contribution in [3.05, 3.63) is 33.7 Å². The molecule has 0 amide bonds. The summed E-state index contributed by atoms with van der Waals surface area (Å²) in [6, 6.07) is 5.77. The molecule has 4 nitrogen and oxygen atoms in total. The molecule has 0 aliphatic carbocycles. The molecule has 0 saturated carbocycles. The highest BCUT2D eigenvalue weighted by atomic mass is 127. The SMILES string of the molecule is CCNc1nc(-c2ccccn2)nc(CC)c1I. The van der Waals surface area contributed by atoms with Gasteiger partial charge in [-0.3, -0.25) is 4.98 Å². The van der Waals surface area contributed by atoms with E-state index in [-0.39, 0.29) is 0 Å². The summed E-state index contributed by atoms with van der Waals surface area (Å²) in [6.45, 7) is 5.00. The molecule has 1 N–H and O–H groups in total. The van der Waals surface area contributed by atoms with Crippen molar-refractivity contribution in [3.8, 4) is 11.5 Å². The molecular formula is C13H15IN4. The molecule has 0 saturated heterocycles. The van der Waals surface area contributed by atoms with Gasteiger partial charge in [-0.05, 0) is 48.1 Å². The number of aromatic nitrogens is 3. The molecule has 0 aliphatic heterocycles. The maximum absolute atomic E-state index is 4.58. The maximum Gasteiger partial charge on any atom is 0.180 e. The highest BCUT2D eigenvalue weighted by Gasteiger charge is 2.12. The first-order chi connectivity index (χ1) is 8.76. The van der Waals surface area contributed by atoms with E-state index in [4.69, 9.17) is 0 Å². The Balaban J connectivity index is 2.52. The Bertz CT molecular complexity index is 528. The van der Waals surface area contributed by atoms with Crippen molar-refractivity contribution in [2.24, 2.45) is 0 Å². The first-order valence-corrected chi connectivity index (χ1v) is 7.05. The highest BCUT2D eigenvalue weighted by Crippen LogP contribution is 2.23. The van der Waals surface area contributed by atoms with Gasteiger partial charge >= 0.3 is 0 Å². The minimum Gasteiger partial charge on any atom is -0.369 e. The third-order valence-electron chi connectivity index (χ3n) is 2.49. The summed E-state index contributed by atoms with van der Waals surface area (Å²) in [7, 11) is 0. The van der Waals surface area contributed by atoms with E-state index < -0.39 is 0 Å². The third kappa shape index (κ3) is 2.77. The molecule has 0 unspecified atom stereocenters. The quantitative estimate of drug-likeness (QED) is 0.858. The zero-order valence-corrected chi connectivity index (χ0v) is 12.6. The van der Waals surface area contributed by atoms with E-state index in [0.717, 1.165) is 33.7 Å². The van der Waals surface area contributed by atoms with E-state index in [1.165, 1.54) is 0 Å². The fourth-order valence-corrected chi connectivity index (χ4v) is 2.44. The Morgan fingerprint density at radius 2 is 2.06 bits per heavy atom. The van der Waals surface area contributed by atoms with Crippen molar-refractivity contribution in [1.82, 2.24) is 15.0 Å². The Morgan fingerprint density at radius 3 is 2.67 bits per heavy atom. The number of hydrogen-bond acceptors (Lipinski definition) is 4. The van der Waals surface area contributed by atoms with Crippen LogP contribution < -0.4 is 5.32 Å². The van der Waals surface area contributed by atoms with Crippen LogP contribution in [0.4, 0.5) is 5.82 Å². The van der Waals surface area contributed by atoms with E-state index in [2.05, 4.69) is 56.7 Å². The third-order valence-corrected chi connectivity index (χ3v) is 3.63. The highest BCUT2D eigenvalue weighted by molar-refractivity contribution is 14.1. The van der Waals surface area contributed by atoms with Crippen LogP contribution in [0.25, 0.3) is 11.5 Å². The van der Waals surface area contributed by atoms with Gasteiger partial charge in [0, 0.05) is 12.7 Å². The number of halogens is 1. The van der Waals surface area contributed by atoms with Gasteiger partial charge in [-0.15, -0.1) is 0 Å². The summed E-state index contributed by atoms with van der Waals surface area (Å²) >= 11 is 2.29.